The van der Waals surface area contributed by atoms with E-state index in [-0.39, 0.29) is 0 Å². The summed E-state index contributed by atoms with van der Waals surface area (Å²) in [6.45, 7) is 1.02. The van der Waals surface area contributed by atoms with E-state index in [4.69, 9.17) is 9.47 Å². The standard InChI is InChI=1S/C19H19N3O2/c1-23-17-9-14-11-21-22-19(15(14)10-18(17)24-2)13-6-5-12-4-3-7-20-16(12)8-13/h5-6,8-11,20H,3-4,7H2,1-2H3. The van der Waals surface area contributed by atoms with Crippen molar-refractivity contribution in [1.82, 2.24) is 10.2 Å². The molecule has 5 heteroatoms. The zero-order valence-corrected chi connectivity index (χ0v) is 13.8. The van der Waals surface area contributed by atoms with Gasteiger partial charge in [-0.05, 0) is 36.6 Å². The van der Waals surface area contributed by atoms with Crippen molar-refractivity contribution in [2.75, 3.05) is 26.1 Å². The highest BCUT2D eigenvalue weighted by atomic mass is 16.5. The predicted octanol–water partition coefficient (Wildman–Crippen LogP) is 3.67. The normalized spacial score (nSPS) is 13.2. The van der Waals surface area contributed by atoms with E-state index < -0.39 is 0 Å². The van der Waals surface area contributed by atoms with Crippen LogP contribution in [0.1, 0.15) is 12.0 Å². The molecule has 4 rings (SSSR count). The van der Waals surface area contributed by atoms with Crippen LogP contribution in [0.2, 0.25) is 0 Å². The van der Waals surface area contributed by atoms with Gasteiger partial charge in [0.1, 0.15) is 5.69 Å². The highest BCUT2D eigenvalue weighted by Crippen LogP contribution is 2.36. The Balaban J connectivity index is 1.90. The Morgan fingerprint density at radius 2 is 1.88 bits per heavy atom. The van der Waals surface area contributed by atoms with Gasteiger partial charge in [0, 0.05) is 28.6 Å². The Hall–Kier alpha value is -2.82. The van der Waals surface area contributed by atoms with Crippen molar-refractivity contribution in [3.8, 4) is 22.8 Å². The second kappa shape index (κ2) is 6.00. The van der Waals surface area contributed by atoms with E-state index in [9.17, 15) is 0 Å². The second-order valence-electron chi connectivity index (χ2n) is 5.89. The Morgan fingerprint density at radius 3 is 2.71 bits per heavy atom. The van der Waals surface area contributed by atoms with Crippen LogP contribution < -0.4 is 14.8 Å². The number of fused-ring (bicyclic) bond motifs is 2. The number of nitrogens with one attached hydrogen (secondary N) is 1. The number of hydrogen-bond acceptors (Lipinski definition) is 5. The van der Waals surface area contributed by atoms with E-state index in [1.54, 1.807) is 20.4 Å². The molecule has 0 radical (unpaired) electrons. The van der Waals surface area contributed by atoms with Gasteiger partial charge in [-0.3, -0.25) is 0 Å². The van der Waals surface area contributed by atoms with Gasteiger partial charge in [-0.15, -0.1) is 5.10 Å². The molecule has 0 amide bonds. The van der Waals surface area contributed by atoms with Crippen molar-refractivity contribution in [3.63, 3.8) is 0 Å². The van der Waals surface area contributed by atoms with E-state index in [2.05, 4.69) is 33.7 Å². The van der Waals surface area contributed by atoms with Crippen LogP contribution in [0.4, 0.5) is 5.69 Å². The zero-order chi connectivity index (χ0) is 16.5. The number of methoxy groups -OCH3 is 2. The molecule has 0 atom stereocenters. The van der Waals surface area contributed by atoms with Crippen molar-refractivity contribution < 1.29 is 9.47 Å². The molecule has 2 aromatic carbocycles. The van der Waals surface area contributed by atoms with Gasteiger partial charge in [0.05, 0.1) is 20.4 Å². The van der Waals surface area contributed by atoms with E-state index in [1.165, 1.54) is 17.7 Å². The average molecular weight is 321 g/mol. The minimum atomic E-state index is 0.690. The maximum atomic E-state index is 5.44. The number of aromatic nitrogens is 2. The highest BCUT2D eigenvalue weighted by molar-refractivity contribution is 5.96. The Morgan fingerprint density at radius 1 is 1.04 bits per heavy atom. The fraction of sp³-hybridized carbons (Fsp3) is 0.263. The number of aryl methyl sites for hydroxylation is 1. The highest BCUT2D eigenvalue weighted by Gasteiger charge is 2.14. The SMILES string of the molecule is COc1cc2cnnc(-c3ccc4c(c3)NCCC4)c2cc1OC. The summed E-state index contributed by atoms with van der Waals surface area (Å²) in [5, 5.41) is 14.0. The topological polar surface area (TPSA) is 56.3 Å². The molecule has 0 unspecified atom stereocenters. The third-order valence-corrected chi connectivity index (χ3v) is 4.49. The minimum Gasteiger partial charge on any atom is -0.493 e. The molecular weight excluding hydrogens is 302 g/mol. The van der Waals surface area contributed by atoms with Gasteiger partial charge in [-0.1, -0.05) is 12.1 Å². The quantitative estimate of drug-likeness (QED) is 0.797. The van der Waals surface area contributed by atoms with Crippen LogP contribution >= 0.6 is 0 Å². The predicted molar refractivity (Wildman–Crippen MR) is 94.9 cm³/mol. The maximum absolute atomic E-state index is 5.44. The fourth-order valence-electron chi connectivity index (χ4n) is 3.23. The maximum Gasteiger partial charge on any atom is 0.161 e. The molecule has 1 aromatic heterocycles. The lowest BCUT2D eigenvalue weighted by molar-refractivity contribution is 0.356. The van der Waals surface area contributed by atoms with Crippen molar-refractivity contribution in [2.24, 2.45) is 0 Å². The molecule has 3 aromatic rings. The summed E-state index contributed by atoms with van der Waals surface area (Å²) >= 11 is 0. The van der Waals surface area contributed by atoms with Crippen molar-refractivity contribution in [2.45, 2.75) is 12.8 Å². The minimum absolute atomic E-state index is 0.690. The van der Waals surface area contributed by atoms with Crippen LogP contribution in [-0.2, 0) is 6.42 Å². The molecule has 0 fully saturated rings. The summed E-state index contributed by atoms with van der Waals surface area (Å²) in [7, 11) is 3.27. The van der Waals surface area contributed by atoms with Crippen LogP contribution in [0, 0.1) is 0 Å². The van der Waals surface area contributed by atoms with E-state index in [0.717, 1.165) is 35.0 Å². The van der Waals surface area contributed by atoms with E-state index >= 15 is 0 Å². The zero-order valence-electron chi connectivity index (χ0n) is 13.8. The molecular formula is C19H19N3O2. The largest absolute Gasteiger partial charge is 0.493 e. The molecule has 2 heterocycles. The molecule has 1 N–H and O–H groups in total. The number of ether oxygens (including phenoxy) is 2. The molecule has 0 saturated heterocycles. The first-order chi connectivity index (χ1) is 11.8. The van der Waals surface area contributed by atoms with Crippen LogP contribution in [0.5, 0.6) is 11.5 Å². The number of benzene rings is 2. The summed E-state index contributed by atoms with van der Waals surface area (Å²) in [4.78, 5) is 0. The van der Waals surface area contributed by atoms with Crippen LogP contribution in [0.3, 0.4) is 0 Å². The Kier molecular flexibility index (Phi) is 3.69. The average Bonchev–Trinajstić information content (AvgIpc) is 2.65. The summed E-state index contributed by atoms with van der Waals surface area (Å²) in [5.74, 6) is 1.38. The molecule has 0 aliphatic carbocycles. The summed E-state index contributed by atoms with van der Waals surface area (Å²) in [6, 6.07) is 10.4. The lowest BCUT2D eigenvalue weighted by atomic mass is 9.98. The van der Waals surface area contributed by atoms with Crippen LogP contribution in [-0.4, -0.2) is 31.0 Å². The molecule has 122 valence electrons. The number of nitrogens with zero attached hydrogens (tertiary/aromatic N) is 2. The van der Waals surface area contributed by atoms with Gasteiger partial charge in [0.25, 0.3) is 0 Å². The number of anilines is 1. The lowest BCUT2D eigenvalue weighted by Crippen LogP contribution is -2.11. The van der Waals surface area contributed by atoms with Gasteiger partial charge in [-0.25, -0.2) is 0 Å². The molecule has 0 bridgehead atoms. The van der Waals surface area contributed by atoms with E-state index in [1.807, 2.05) is 12.1 Å². The third-order valence-electron chi connectivity index (χ3n) is 4.49. The first kappa shape index (κ1) is 14.8. The fourth-order valence-corrected chi connectivity index (χ4v) is 3.23. The number of rotatable bonds is 3. The second-order valence-corrected chi connectivity index (χ2v) is 5.89. The molecule has 0 saturated carbocycles. The van der Waals surface area contributed by atoms with Gasteiger partial charge in [0.15, 0.2) is 11.5 Å². The lowest BCUT2D eigenvalue weighted by Gasteiger charge is -2.19. The third kappa shape index (κ3) is 2.42. The van der Waals surface area contributed by atoms with Gasteiger partial charge < -0.3 is 14.8 Å². The smallest absolute Gasteiger partial charge is 0.161 e. The molecule has 24 heavy (non-hydrogen) atoms. The van der Waals surface area contributed by atoms with Gasteiger partial charge >= 0.3 is 0 Å². The monoisotopic (exact) mass is 321 g/mol. The first-order valence-corrected chi connectivity index (χ1v) is 8.05. The Bertz CT molecular complexity index is 908. The van der Waals surface area contributed by atoms with Crippen LogP contribution in [0.15, 0.2) is 36.5 Å². The first-order valence-electron chi connectivity index (χ1n) is 8.05. The van der Waals surface area contributed by atoms with Crippen LogP contribution in [0.25, 0.3) is 22.0 Å². The van der Waals surface area contributed by atoms with Crippen molar-refractivity contribution in [1.29, 1.82) is 0 Å². The molecule has 5 nitrogen and oxygen atoms in total. The summed E-state index contributed by atoms with van der Waals surface area (Å²) < 4.78 is 10.8. The van der Waals surface area contributed by atoms with Gasteiger partial charge in [-0.2, -0.15) is 5.10 Å². The van der Waals surface area contributed by atoms with E-state index in [0.29, 0.717) is 11.5 Å². The molecule has 0 spiro atoms. The van der Waals surface area contributed by atoms with Crippen molar-refractivity contribution >= 4 is 16.5 Å². The van der Waals surface area contributed by atoms with Gasteiger partial charge in [0.2, 0.25) is 0 Å². The number of hydrogen-bond donors (Lipinski definition) is 1. The summed E-state index contributed by atoms with van der Waals surface area (Å²) in [5.41, 5.74) is 4.45. The Labute approximate surface area is 140 Å². The summed E-state index contributed by atoms with van der Waals surface area (Å²) in [6.07, 6.45) is 4.05. The molecule has 1 aliphatic heterocycles. The van der Waals surface area contributed by atoms with Crippen molar-refractivity contribution in [3.05, 3.63) is 42.1 Å². The molecule has 1 aliphatic rings.